The molecule has 144 valence electrons. The number of hydrogen-bond acceptors (Lipinski definition) is 4. The highest BCUT2D eigenvalue weighted by Crippen LogP contribution is 2.30. The Morgan fingerprint density at radius 1 is 1.22 bits per heavy atom. The van der Waals surface area contributed by atoms with Gasteiger partial charge < -0.3 is 15.0 Å². The second kappa shape index (κ2) is 7.60. The van der Waals surface area contributed by atoms with Crippen LogP contribution in [0, 0.1) is 5.92 Å². The summed E-state index contributed by atoms with van der Waals surface area (Å²) in [6.45, 7) is 4.56. The molecule has 0 spiro atoms. The molecule has 3 rings (SSSR count). The molecule has 0 aliphatic rings. The molecule has 0 aliphatic heterocycles. The maximum Gasteiger partial charge on any atom is 0.281 e. The highest BCUT2D eigenvalue weighted by Gasteiger charge is 2.19. The summed E-state index contributed by atoms with van der Waals surface area (Å²) in [6.07, 6.45) is -0.665. The number of aryl methyl sites for hydroxylation is 1. The molecule has 7 heteroatoms. The number of halogens is 2. The number of nitrogens with zero attached hydrogens (tertiary/aromatic N) is 2. The van der Waals surface area contributed by atoms with Crippen molar-refractivity contribution in [2.24, 2.45) is 18.7 Å². The van der Waals surface area contributed by atoms with Gasteiger partial charge in [0, 0.05) is 36.1 Å². The smallest absolute Gasteiger partial charge is 0.281 e. The molecule has 5 nitrogen and oxygen atoms in total. The van der Waals surface area contributed by atoms with E-state index in [0.717, 1.165) is 6.42 Å². The fourth-order valence-electron chi connectivity index (χ4n) is 3.35. The van der Waals surface area contributed by atoms with Gasteiger partial charge in [-0.25, -0.2) is 8.78 Å². The molecule has 0 saturated carbocycles. The Labute approximate surface area is 155 Å². The maximum atomic E-state index is 13.3. The van der Waals surface area contributed by atoms with Crippen molar-refractivity contribution in [1.82, 2.24) is 9.55 Å². The fraction of sp³-hybridized carbons (Fsp3) is 0.400. The Bertz CT molecular complexity index is 1030. The Morgan fingerprint density at radius 3 is 2.63 bits per heavy atom. The predicted molar refractivity (Wildman–Crippen MR) is 102 cm³/mol. The third kappa shape index (κ3) is 3.78. The van der Waals surface area contributed by atoms with E-state index in [0.29, 0.717) is 34.6 Å². The minimum absolute atomic E-state index is 0.0462. The Kier molecular flexibility index (Phi) is 5.41. The summed E-state index contributed by atoms with van der Waals surface area (Å²) in [5, 5.41) is 1.10. The number of alkyl halides is 2. The first-order chi connectivity index (χ1) is 12.8. The zero-order valence-electron chi connectivity index (χ0n) is 15.6. The molecule has 3 aromatic rings. The van der Waals surface area contributed by atoms with E-state index in [1.807, 2.05) is 0 Å². The van der Waals surface area contributed by atoms with E-state index < -0.39 is 17.7 Å². The predicted octanol–water partition coefficient (Wildman–Crippen LogP) is 3.78. The van der Waals surface area contributed by atoms with Gasteiger partial charge in [0.05, 0.1) is 10.9 Å². The van der Waals surface area contributed by atoms with Gasteiger partial charge >= 0.3 is 0 Å². The Morgan fingerprint density at radius 2 is 1.96 bits per heavy atom. The third-order valence-electron chi connectivity index (χ3n) is 4.56. The molecular formula is C20H23F2N3O2. The molecule has 27 heavy (non-hydrogen) atoms. The summed E-state index contributed by atoms with van der Waals surface area (Å²) in [7, 11) is 1.56. The molecule has 1 atom stereocenters. The van der Waals surface area contributed by atoms with Crippen molar-refractivity contribution in [2.45, 2.75) is 32.7 Å². The number of hydrogen-bond donors (Lipinski definition) is 1. The van der Waals surface area contributed by atoms with Crippen molar-refractivity contribution < 1.29 is 13.5 Å². The molecule has 0 saturated heterocycles. The van der Waals surface area contributed by atoms with Crippen molar-refractivity contribution in [1.29, 1.82) is 0 Å². The second-order valence-electron chi connectivity index (χ2n) is 7.16. The van der Waals surface area contributed by atoms with Gasteiger partial charge in [-0.05, 0) is 30.5 Å². The quantitative estimate of drug-likeness (QED) is 0.666. The summed E-state index contributed by atoms with van der Waals surface area (Å²) in [5.74, 6) is 1.06. The Balaban J connectivity index is 2.07. The topological polar surface area (TPSA) is 70.1 Å². The standard InChI is InChI=1S/C20H23F2N3O2/c1-11(2)8-12(23)10-27-13-4-5-14-15-6-7-24-18(19(21)22)17(15)20(26)25(3)16(14)9-13/h4-7,9,11-12,19H,8,10,23H2,1-3H3. The van der Waals surface area contributed by atoms with Crippen molar-refractivity contribution >= 4 is 21.7 Å². The van der Waals surface area contributed by atoms with Crippen LogP contribution in [0.25, 0.3) is 21.7 Å². The molecule has 1 unspecified atom stereocenters. The van der Waals surface area contributed by atoms with Crippen molar-refractivity contribution in [3.8, 4) is 5.75 Å². The van der Waals surface area contributed by atoms with E-state index in [1.54, 1.807) is 31.3 Å². The lowest BCUT2D eigenvalue weighted by Crippen LogP contribution is -2.29. The first-order valence-electron chi connectivity index (χ1n) is 8.87. The first-order valence-corrected chi connectivity index (χ1v) is 8.87. The van der Waals surface area contributed by atoms with Crippen LogP contribution < -0.4 is 16.0 Å². The average Bonchev–Trinajstić information content (AvgIpc) is 2.63. The van der Waals surface area contributed by atoms with Crippen LogP contribution in [0.5, 0.6) is 5.75 Å². The van der Waals surface area contributed by atoms with Gasteiger partial charge in [-0.15, -0.1) is 0 Å². The van der Waals surface area contributed by atoms with Crippen molar-refractivity contribution in [3.63, 3.8) is 0 Å². The second-order valence-corrected chi connectivity index (χ2v) is 7.16. The van der Waals surface area contributed by atoms with Crippen LogP contribution in [-0.4, -0.2) is 22.2 Å². The molecule has 0 fully saturated rings. The zero-order valence-corrected chi connectivity index (χ0v) is 15.6. The van der Waals surface area contributed by atoms with Crippen LogP contribution >= 0.6 is 0 Å². The highest BCUT2D eigenvalue weighted by atomic mass is 19.3. The van der Waals surface area contributed by atoms with E-state index >= 15 is 0 Å². The molecule has 1 aromatic carbocycles. The number of benzene rings is 1. The summed E-state index contributed by atoms with van der Waals surface area (Å²) in [6, 6.07) is 6.78. The third-order valence-corrected chi connectivity index (χ3v) is 4.56. The largest absolute Gasteiger partial charge is 0.492 e. The van der Waals surface area contributed by atoms with Crippen LogP contribution in [0.3, 0.4) is 0 Å². The van der Waals surface area contributed by atoms with E-state index in [1.165, 1.54) is 10.8 Å². The summed E-state index contributed by atoms with van der Waals surface area (Å²) in [4.78, 5) is 16.4. The molecule has 0 amide bonds. The molecule has 0 radical (unpaired) electrons. The average molecular weight is 375 g/mol. The maximum absolute atomic E-state index is 13.3. The molecule has 2 aromatic heterocycles. The normalized spacial score (nSPS) is 13.0. The minimum atomic E-state index is -2.82. The van der Waals surface area contributed by atoms with E-state index in [-0.39, 0.29) is 11.4 Å². The lowest BCUT2D eigenvalue weighted by Gasteiger charge is -2.16. The molecular weight excluding hydrogens is 352 g/mol. The number of nitrogens with two attached hydrogens (primary N) is 1. The number of aromatic nitrogens is 2. The van der Waals surface area contributed by atoms with Crippen molar-refractivity contribution in [2.75, 3.05) is 6.61 Å². The first kappa shape index (κ1) is 19.2. The summed E-state index contributed by atoms with van der Waals surface area (Å²) < 4.78 is 33.7. The van der Waals surface area contributed by atoms with Crippen LogP contribution in [0.2, 0.25) is 0 Å². The molecule has 0 aliphatic carbocycles. The van der Waals surface area contributed by atoms with E-state index in [4.69, 9.17) is 10.5 Å². The van der Waals surface area contributed by atoms with Gasteiger partial charge in [0.15, 0.2) is 0 Å². The SMILES string of the molecule is CC(C)CC(N)COc1ccc2c3ccnc(C(F)F)c3c(=O)n(C)c2c1. The lowest BCUT2D eigenvalue weighted by molar-refractivity contribution is 0.148. The van der Waals surface area contributed by atoms with Gasteiger partial charge in [0.2, 0.25) is 0 Å². The van der Waals surface area contributed by atoms with Crippen LogP contribution in [0.4, 0.5) is 8.78 Å². The fourth-order valence-corrected chi connectivity index (χ4v) is 3.35. The number of pyridine rings is 2. The minimum Gasteiger partial charge on any atom is -0.492 e. The van der Waals surface area contributed by atoms with Crippen LogP contribution in [0.1, 0.15) is 32.4 Å². The van der Waals surface area contributed by atoms with Gasteiger partial charge in [-0.3, -0.25) is 9.78 Å². The zero-order chi connectivity index (χ0) is 19.7. The van der Waals surface area contributed by atoms with E-state index in [9.17, 15) is 13.6 Å². The number of rotatable bonds is 6. The molecule has 2 N–H and O–H groups in total. The molecule has 2 heterocycles. The number of fused-ring (bicyclic) bond motifs is 3. The monoisotopic (exact) mass is 375 g/mol. The highest BCUT2D eigenvalue weighted by molar-refractivity contribution is 6.06. The van der Waals surface area contributed by atoms with Gasteiger partial charge in [-0.2, -0.15) is 0 Å². The van der Waals surface area contributed by atoms with E-state index in [2.05, 4.69) is 18.8 Å². The summed E-state index contributed by atoms with van der Waals surface area (Å²) in [5.41, 5.74) is 5.66. The van der Waals surface area contributed by atoms with Gasteiger partial charge in [0.1, 0.15) is 18.1 Å². The molecule has 0 bridgehead atoms. The van der Waals surface area contributed by atoms with Gasteiger partial charge in [0.25, 0.3) is 12.0 Å². The lowest BCUT2D eigenvalue weighted by atomic mass is 10.0. The number of ether oxygens (including phenoxy) is 1. The van der Waals surface area contributed by atoms with Gasteiger partial charge in [-0.1, -0.05) is 13.8 Å². The van der Waals surface area contributed by atoms with Crippen LogP contribution in [0.15, 0.2) is 35.3 Å². The Hall–Kier alpha value is -2.54. The van der Waals surface area contributed by atoms with Crippen LogP contribution in [-0.2, 0) is 7.05 Å². The van der Waals surface area contributed by atoms with Crippen molar-refractivity contribution in [3.05, 3.63) is 46.5 Å². The summed E-state index contributed by atoms with van der Waals surface area (Å²) >= 11 is 0.